The summed E-state index contributed by atoms with van der Waals surface area (Å²) in [4.78, 5) is 13.0. The SMILES string of the molecule is COc1ccc(OCC(C)NC(=O)CN(c2ccc(C(C)C)cc2)S(=O)(=O)c2ccccc2)cc1. The van der Waals surface area contributed by atoms with Gasteiger partial charge in [0.15, 0.2) is 0 Å². The van der Waals surface area contributed by atoms with Crippen molar-refractivity contribution in [3.63, 3.8) is 0 Å². The minimum absolute atomic E-state index is 0.122. The fraction of sp³-hybridized carbons (Fsp3) is 0.296. The summed E-state index contributed by atoms with van der Waals surface area (Å²) in [6.45, 7) is 5.80. The largest absolute Gasteiger partial charge is 0.497 e. The third-order valence-electron chi connectivity index (χ3n) is 5.43. The second-order valence-corrected chi connectivity index (χ2v) is 10.4. The van der Waals surface area contributed by atoms with Crippen LogP contribution in [0.1, 0.15) is 32.3 Å². The van der Waals surface area contributed by atoms with Crippen LogP contribution in [0.15, 0.2) is 83.8 Å². The fourth-order valence-electron chi connectivity index (χ4n) is 3.45. The van der Waals surface area contributed by atoms with E-state index in [2.05, 4.69) is 19.2 Å². The van der Waals surface area contributed by atoms with Crippen molar-refractivity contribution < 1.29 is 22.7 Å². The van der Waals surface area contributed by atoms with E-state index in [9.17, 15) is 13.2 Å². The molecule has 0 fully saturated rings. The second-order valence-electron chi connectivity index (χ2n) is 8.53. The summed E-state index contributed by atoms with van der Waals surface area (Å²) in [6.07, 6.45) is 0. The van der Waals surface area contributed by atoms with Crippen LogP contribution in [0.3, 0.4) is 0 Å². The first kappa shape index (κ1) is 26.1. The number of rotatable bonds is 11. The van der Waals surface area contributed by atoms with Crippen molar-refractivity contribution in [1.29, 1.82) is 0 Å². The van der Waals surface area contributed by atoms with Crippen molar-refractivity contribution in [2.75, 3.05) is 24.6 Å². The van der Waals surface area contributed by atoms with Gasteiger partial charge in [0.05, 0.1) is 23.7 Å². The van der Waals surface area contributed by atoms with Gasteiger partial charge in [0.25, 0.3) is 10.0 Å². The Morgan fingerprint density at radius 2 is 1.49 bits per heavy atom. The zero-order chi connectivity index (χ0) is 25.4. The Morgan fingerprint density at radius 3 is 2.06 bits per heavy atom. The summed E-state index contributed by atoms with van der Waals surface area (Å²) in [7, 11) is -2.36. The summed E-state index contributed by atoms with van der Waals surface area (Å²) >= 11 is 0. The van der Waals surface area contributed by atoms with Crippen LogP contribution in [-0.4, -0.2) is 40.6 Å². The molecular formula is C27H32N2O5S. The Morgan fingerprint density at radius 1 is 0.886 bits per heavy atom. The number of carbonyl (C=O) groups is 1. The molecule has 0 radical (unpaired) electrons. The number of sulfonamides is 1. The van der Waals surface area contributed by atoms with Gasteiger partial charge >= 0.3 is 0 Å². The second kappa shape index (κ2) is 11.8. The van der Waals surface area contributed by atoms with Crippen molar-refractivity contribution in [3.8, 4) is 11.5 Å². The van der Waals surface area contributed by atoms with Gasteiger partial charge in [0.2, 0.25) is 5.91 Å². The van der Waals surface area contributed by atoms with Gasteiger partial charge in [-0.25, -0.2) is 8.42 Å². The van der Waals surface area contributed by atoms with Gasteiger partial charge in [-0.2, -0.15) is 0 Å². The highest BCUT2D eigenvalue weighted by molar-refractivity contribution is 7.92. The number of amides is 1. The number of ether oxygens (including phenoxy) is 2. The highest BCUT2D eigenvalue weighted by Crippen LogP contribution is 2.26. The van der Waals surface area contributed by atoms with E-state index >= 15 is 0 Å². The van der Waals surface area contributed by atoms with E-state index in [0.717, 1.165) is 15.6 Å². The molecular weight excluding hydrogens is 464 g/mol. The van der Waals surface area contributed by atoms with Crippen molar-refractivity contribution in [2.24, 2.45) is 0 Å². The maximum atomic E-state index is 13.4. The Kier molecular flexibility index (Phi) is 8.76. The highest BCUT2D eigenvalue weighted by Gasteiger charge is 2.27. The molecule has 0 heterocycles. The third kappa shape index (κ3) is 6.99. The molecule has 0 aliphatic carbocycles. The number of methoxy groups -OCH3 is 1. The minimum Gasteiger partial charge on any atom is -0.497 e. The monoisotopic (exact) mass is 496 g/mol. The lowest BCUT2D eigenvalue weighted by atomic mass is 10.0. The third-order valence-corrected chi connectivity index (χ3v) is 7.22. The summed E-state index contributed by atoms with van der Waals surface area (Å²) < 4.78 is 38.9. The molecule has 1 unspecified atom stereocenters. The zero-order valence-corrected chi connectivity index (χ0v) is 21.3. The number of carbonyl (C=O) groups excluding carboxylic acids is 1. The topological polar surface area (TPSA) is 84.9 Å². The van der Waals surface area contributed by atoms with Crippen molar-refractivity contribution >= 4 is 21.6 Å². The molecule has 0 aromatic heterocycles. The predicted octanol–water partition coefficient (Wildman–Crippen LogP) is 4.60. The standard InChI is InChI=1S/C27H32N2O5S/c1-20(2)22-10-12-23(13-11-22)29(35(31,32)26-8-6-5-7-9-26)18-27(30)28-21(3)19-34-25-16-14-24(33-4)15-17-25/h5-17,20-21H,18-19H2,1-4H3,(H,28,30). The van der Waals surface area contributed by atoms with Crippen LogP contribution in [0.5, 0.6) is 11.5 Å². The smallest absolute Gasteiger partial charge is 0.264 e. The molecule has 0 saturated heterocycles. The van der Waals surface area contributed by atoms with E-state index in [0.29, 0.717) is 17.4 Å². The molecule has 3 aromatic carbocycles. The molecule has 0 bridgehead atoms. The van der Waals surface area contributed by atoms with Gasteiger partial charge in [-0.15, -0.1) is 0 Å². The van der Waals surface area contributed by atoms with Crippen LogP contribution in [0, 0.1) is 0 Å². The van der Waals surface area contributed by atoms with E-state index in [4.69, 9.17) is 9.47 Å². The quantitative estimate of drug-likeness (QED) is 0.419. The average molecular weight is 497 g/mol. The van der Waals surface area contributed by atoms with Crippen molar-refractivity contribution in [3.05, 3.63) is 84.4 Å². The van der Waals surface area contributed by atoms with E-state index in [1.807, 2.05) is 12.1 Å². The highest BCUT2D eigenvalue weighted by atomic mass is 32.2. The molecule has 1 N–H and O–H groups in total. The lowest BCUT2D eigenvalue weighted by Crippen LogP contribution is -2.45. The van der Waals surface area contributed by atoms with E-state index in [-0.39, 0.29) is 24.1 Å². The summed E-state index contributed by atoms with van der Waals surface area (Å²) in [6, 6.07) is 22.1. The Labute approximate surface area is 207 Å². The fourth-order valence-corrected chi connectivity index (χ4v) is 4.89. The summed E-state index contributed by atoms with van der Waals surface area (Å²) in [5, 5.41) is 2.83. The minimum atomic E-state index is -3.95. The molecule has 1 atom stereocenters. The van der Waals surface area contributed by atoms with E-state index in [1.165, 1.54) is 12.1 Å². The molecule has 7 nitrogen and oxygen atoms in total. The number of anilines is 1. The van der Waals surface area contributed by atoms with Crippen LogP contribution in [0.4, 0.5) is 5.69 Å². The molecule has 0 aliphatic rings. The molecule has 1 amide bonds. The molecule has 3 rings (SSSR count). The van der Waals surface area contributed by atoms with Gasteiger partial charge in [0, 0.05) is 0 Å². The summed E-state index contributed by atoms with van der Waals surface area (Å²) in [5.41, 5.74) is 1.51. The maximum Gasteiger partial charge on any atom is 0.264 e. The lowest BCUT2D eigenvalue weighted by Gasteiger charge is -2.25. The number of hydrogen-bond donors (Lipinski definition) is 1. The molecule has 8 heteroatoms. The number of hydrogen-bond acceptors (Lipinski definition) is 5. The summed E-state index contributed by atoms with van der Waals surface area (Å²) in [5.74, 6) is 1.24. The number of nitrogens with zero attached hydrogens (tertiary/aromatic N) is 1. The number of benzene rings is 3. The van der Waals surface area contributed by atoms with E-state index in [1.54, 1.807) is 68.6 Å². The van der Waals surface area contributed by atoms with Gasteiger partial charge in [-0.05, 0) is 66.9 Å². The van der Waals surface area contributed by atoms with Crippen LogP contribution in [-0.2, 0) is 14.8 Å². The molecule has 0 spiro atoms. The van der Waals surface area contributed by atoms with Crippen molar-refractivity contribution in [2.45, 2.75) is 37.6 Å². The van der Waals surface area contributed by atoms with Gasteiger partial charge in [0.1, 0.15) is 24.7 Å². The average Bonchev–Trinajstić information content (AvgIpc) is 2.87. The molecule has 0 saturated carbocycles. The van der Waals surface area contributed by atoms with Crippen LogP contribution < -0.4 is 19.1 Å². The van der Waals surface area contributed by atoms with Crippen LogP contribution in [0.25, 0.3) is 0 Å². The first-order valence-electron chi connectivity index (χ1n) is 11.4. The molecule has 35 heavy (non-hydrogen) atoms. The van der Waals surface area contributed by atoms with Gasteiger partial charge in [-0.1, -0.05) is 44.2 Å². The Balaban J connectivity index is 1.73. The lowest BCUT2D eigenvalue weighted by molar-refractivity contribution is -0.120. The zero-order valence-electron chi connectivity index (χ0n) is 20.5. The first-order valence-corrected chi connectivity index (χ1v) is 12.9. The normalized spacial score (nSPS) is 12.1. The van der Waals surface area contributed by atoms with Gasteiger partial charge < -0.3 is 14.8 Å². The maximum absolute atomic E-state index is 13.4. The molecule has 3 aromatic rings. The molecule has 186 valence electrons. The Bertz CT molecular complexity index is 1190. The Hall–Kier alpha value is -3.52. The van der Waals surface area contributed by atoms with Crippen molar-refractivity contribution in [1.82, 2.24) is 5.32 Å². The molecule has 0 aliphatic heterocycles. The van der Waals surface area contributed by atoms with Gasteiger partial charge in [-0.3, -0.25) is 9.10 Å². The van der Waals surface area contributed by atoms with Crippen LogP contribution in [0.2, 0.25) is 0 Å². The predicted molar refractivity (Wildman–Crippen MR) is 138 cm³/mol. The van der Waals surface area contributed by atoms with E-state index < -0.39 is 15.9 Å². The number of nitrogens with one attached hydrogen (secondary N) is 1. The van der Waals surface area contributed by atoms with Crippen LogP contribution >= 0.6 is 0 Å². The first-order chi connectivity index (χ1) is 16.7.